The first-order valence-electron chi connectivity index (χ1n) is 39.9. The number of aliphatic hydroxyl groups is 8. The molecule has 1 amide bonds. The third-order valence-electron chi connectivity index (χ3n) is 19.5. The average molecular weight is 1330 g/mol. The lowest BCUT2D eigenvalue weighted by Crippen LogP contribution is -2.65. The number of amides is 1. The van der Waals surface area contributed by atoms with Crippen LogP contribution in [0.15, 0.2) is 48.6 Å². The van der Waals surface area contributed by atoms with Crippen LogP contribution >= 0.6 is 0 Å². The molecule has 0 aliphatic carbocycles. The predicted molar refractivity (Wildman–Crippen MR) is 388 cm³/mol. The quantitative estimate of drug-likeness (QED) is 0.0204. The fourth-order valence-corrected chi connectivity index (χ4v) is 13.2. The standard InChI is InChI=1S/C80H149NO13/c1-3-5-7-9-11-13-15-17-19-21-23-25-27-29-30-31-32-33-34-35-36-37-38-40-42-44-46-48-50-52-54-56-58-60-62-64-72(85)81-68(67-91-79-77(90)75(88)78(71(66-83)93-79)94-80-76(89)74(87)73(86)70(65-82)92-80)69(84)63-61-59-57-55-53-51-49-47-45-43-41-39-28-26-24-22-20-18-16-14-12-10-8-6-4-2/h15,17,21,23,27,29,61,63,68-71,73-80,82-84,86-90H,3-14,16,18-20,22,24-26,28,30-60,62,64-67H2,1-2H3,(H,81,85)/b17-15-,23-21-,29-27-,63-61+. The molecule has 0 radical (unpaired) electrons. The topological polar surface area (TPSA) is 228 Å². The maximum absolute atomic E-state index is 13.4. The first-order valence-corrected chi connectivity index (χ1v) is 39.9. The fourth-order valence-electron chi connectivity index (χ4n) is 13.2. The van der Waals surface area contributed by atoms with Crippen molar-refractivity contribution in [1.82, 2.24) is 5.32 Å². The van der Waals surface area contributed by atoms with E-state index in [1.165, 1.54) is 283 Å². The van der Waals surface area contributed by atoms with Crippen molar-refractivity contribution < 1.29 is 64.6 Å². The molecule has 94 heavy (non-hydrogen) atoms. The molecule has 2 aliphatic rings. The molecule has 552 valence electrons. The summed E-state index contributed by atoms with van der Waals surface area (Å²) in [5.41, 5.74) is 0. The number of aliphatic hydroxyl groups excluding tert-OH is 8. The van der Waals surface area contributed by atoms with Gasteiger partial charge in [-0.1, -0.05) is 345 Å². The minimum Gasteiger partial charge on any atom is -0.394 e. The van der Waals surface area contributed by atoms with E-state index in [0.29, 0.717) is 6.42 Å². The highest BCUT2D eigenvalue weighted by atomic mass is 16.7. The Morgan fingerprint density at radius 1 is 0.383 bits per heavy atom. The van der Waals surface area contributed by atoms with Crippen LogP contribution in [0.2, 0.25) is 0 Å². The van der Waals surface area contributed by atoms with Crippen molar-refractivity contribution in [3.05, 3.63) is 48.6 Å². The van der Waals surface area contributed by atoms with Crippen LogP contribution in [0.3, 0.4) is 0 Å². The zero-order valence-electron chi connectivity index (χ0n) is 60.5. The van der Waals surface area contributed by atoms with Crippen molar-refractivity contribution in [2.45, 2.75) is 434 Å². The minimum absolute atomic E-state index is 0.233. The van der Waals surface area contributed by atoms with Gasteiger partial charge >= 0.3 is 0 Å². The maximum atomic E-state index is 13.4. The Morgan fingerprint density at radius 3 is 1.07 bits per heavy atom. The van der Waals surface area contributed by atoms with Gasteiger partial charge in [0, 0.05) is 6.42 Å². The van der Waals surface area contributed by atoms with E-state index in [1.54, 1.807) is 6.08 Å². The van der Waals surface area contributed by atoms with Gasteiger partial charge in [0.25, 0.3) is 0 Å². The van der Waals surface area contributed by atoms with Gasteiger partial charge in [0.05, 0.1) is 32.0 Å². The van der Waals surface area contributed by atoms with Crippen molar-refractivity contribution in [3.8, 4) is 0 Å². The zero-order chi connectivity index (χ0) is 68.0. The van der Waals surface area contributed by atoms with Crippen molar-refractivity contribution in [3.63, 3.8) is 0 Å². The second-order valence-electron chi connectivity index (χ2n) is 28.2. The monoisotopic (exact) mass is 1330 g/mol. The molecular formula is C80H149NO13. The lowest BCUT2D eigenvalue weighted by atomic mass is 9.97. The molecule has 0 aromatic heterocycles. The molecule has 2 aliphatic heterocycles. The number of unbranched alkanes of at least 4 members (excludes halogenated alkanes) is 48. The van der Waals surface area contributed by atoms with Crippen LogP contribution in [0.25, 0.3) is 0 Å². The van der Waals surface area contributed by atoms with E-state index in [4.69, 9.17) is 18.9 Å². The van der Waals surface area contributed by atoms with Crippen molar-refractivity contribution in [2.24, 2.45) is 0 Å². The van der Waals surface area contributed by atoms with Crippen molar-refractivity contribution in [1.29, 1.82) is 0 Å². The first-order chi connectivity index (χ1) is 46.1. The summed E-state index contributed by atoms with van der Waals surface area (Å²) >= 11 is 0. The van der Waals surface area contributed by atoms with Gasteiger partial charge in [0.2, 0.25) is 5.91 Å². The van der Waals surface area contributed by atoms with Crippen LogP contribution in [-0.4, -0.2) is 140 Å². The second-order valence-corrected chi connectivity index (χ2v) is 28.2. The van der Waals surface area contributed by atoms with Gasteiger partial charge in [-0.05, 0) is 57.8 Å². The van der Waals surface area contributed by atoms with Gasteiger partial charge in [-0.25, -0.2) is 0 Å². The highest BCUT2D eigenvalue weighted by molar-refractivity contribution is 5.76. The molecule has 2 fully saturated rings. The Hall–Kier alpha value is -2.05. The summed E-state index contributed by atoms with van der Waals surface area (Å²) in [6.45, 7) is 2.85. The van der Waals surface area contributed by atoms with Crippen LogP contribution in [-0.2, 0) is 23.7 Å². The summed E-state index contributed by atoms with van der Waals surface area (Å²) in [6, 6.07) is -0.916. The van der Waals surface area contributed by atoms with Crippen LogP contribution in [0.4, 0.5) is 0 Å². The van der Waals surface area contributed by atoms with E-state index in [2.05, 4.69) is 55.6 Å². The fraction of sp³-hybridized carbons (Fsp3) is 0.887. The van der Waals surface area contributed by atoms with Crippen LogP contribution < -0.4 is 5.32 Å². The third kappa shape index (κ3) is 47.1. The molecule has 9 N–H and O–H groups in total. The SMILES string of the molecule is CCCCCCC/C=C\C/C=C\C/C=C\CCCCCCCCCCCCCCCCCCCCCCC(=O)NC(COC1OC(CO)C(OC2OC(CO)C(O)C(O)C2O)C(O)C1O)C(O)/C=C/CCCCCCCCCCCCCCCCCCCCCCCCC. The molecule has 2 rings (SSSR count). The molecule has 0 aromatic rings. The minimum atomic E-state index is -1.79. The lowest BCUT2D eigenvalue weighted by molar-refractivity contribution is -0.359. The van der Waals surface area contributed by atoms with E-state index in [-0.39, 0.29) is 18.9 Å². The van der Waals surface area contributed by atoms with Crippen LogP contribution in [0.1, 0.15) is 361 Å². The Labute approximate surface area is 575 Å². The van der Waals surface area contributed by atoms with E-state index in [9.17, 15) is 45.6 Å². The number of carbonyl (C=O) groups excluding carboxylic acids is 1. The smallest absolute Gasteiger partial charge is 0.220 e. The second kappa shape index (κ2) is 64.3. The first kappa shape index (κ1) is 88.0. The largest absolute Gasteiger partial charge is 0.394 e. The van der Waals surface area contributed by atoms with E-state index in [1.807, 2.05) is 6.08 Å². The van der Waals surface area contributed by atoms with Crippen molar-refractivity contribution >= 4 is 5.91 Å². The number of ether oxygens (including phenoxy) is 4. The summed E-state index contributed by atoms with van der Waals surface area (Å²) in [7, 11) is 0. The van der Waals surface area contributed by atoms with Crippen LogP contribution in [0.5, 0.6) is 0 Å². The number of nitrogens with one attached hydrogen (secondary N) is 1. The molecule has 14 nitrogen and oxygen atoms in total. The molecule has 0 saturated carbocycles. The Kier molecular flexibility index (Phi) is 60.3. The molecule has 2 heterocycles. The van der Waals surface area contributed by atoms with Gasteiger partial charge < -0.3 is 65.1 Å². The Bertz CT molecular complexity index is 1760. The Balaban J connectivity index is 1.61. The normalized spacial score (nSPS) is 22.7. The highest BCUT2D eigenvalue weighted by Crippen LogP contribution is 2.30. The summed E-state index contributed by atoms with van der Waals surface area (Å²) in [5.74, 6) is -0.233. The number of hydrogen-bond donors (Lipinski definition) is 9. The molecule has 2 saturated heterocycles. The molecule has 14 heteroatoms. The zero-order valence-corrected chi connectivity index (χ0v) is 60.5. The molecule has 0 bridgehead atoms. The maximum Gasteiger partial charge on any atom is 0.220 e. The number of hydrogen-bond acceptors (Lipinski definition) is 13. The third-order valence-corrected chi connectivity index (χ3v) is 19.5. The lowest BCUT2D eigenvalue weighted by Gasteiger charge is -2.46. The Morgan fingerprint density at radius 2 is 0.702 bits per heavy atom. The van der Waals surface area contributed by atoms with Gasteiger partial charge in [0.1, 0.15) is 48.8 Å². The summed E-state index contributed by atoms with van der Waals surface area (Å²) in [6.07, 6.45) is 69.0. The van der Waals surface area contributed by atoms with E-state index in [0.717, 1.165) is 51.4 Å². The number of rotatable bonds is 67. The number of carbonyl (C=O) groups is 1. The summed E-state index contributed by atoms with van der Waals surface area (Å²) < 4.78 is 22.9. The molecule has 0 aromatic carbocycles. The van der Waals surface area contributed by atoms with Gasteiger partial charge in [-0.15, -0.1) is 0 Å². The van der Waals surface area contributed by atoms with Crippen LogP contribution in [0, 0.1) is 0 Å². The summed E-state index contributed by atoms with van der Waals surface area (Å²) in [4.78, 5) is 13.4. The van der Waals surface area contributed by atoms with E-state index >= 15 is 0 Å². The molecular weight excluding hydrogens is 1180 g/mol. The van der Waals surface area contributed by atoms with Gasteiger partial charge in [-0.2, -0.15) is 0 Å². The van der Waals surface area contributed by atoms with Gasteiger partial charge in [0.15, 0.2) is 12.6 Å². The highest BCUT2D eigenvalue weighted by Gasteiger charge is 2.51. The predicted octanol–water partition coefficient (Wildman–Crippen LogP) is 17.8. The molecule has 0 spiro atoms. The van der Waals surface area contributed by atoms with E-state index < -0.39 is 86.8 Å². The van der Waals surface area contributed by atoms with Gasteiger partial charge in [-0.3, -0.25) is 4.79 Å². The molecule has 12 unspecified atom stereocenters. The summed E-state index contributed by atoms with van der Waals surface area (Å²) in [5, 5.41) is 87.7. The van der Waals surface area contributed by atoms with Crippen molar-refractivity contribution in [2.75, 3.05) is 19.8 Å². The average Bonchev–Trinajstić information content (AvgIpc) is 0.794. The molecule has 12 atom stereocenters. The number of allylic oxidation sites excluding steroid dienone is 7.